The summed E-state index contributed by atoms with van der Waals surface area (Å²) in [4.78, 5) is 6.74. The van der Waals surface area contributed by atoms with Crippen molar-refractivity contribution in [3.8, 4) is 0 Å². The Morgan fingerprint density at radius 2 is 1.82 bits per heavy atom. The van der Waals surface area contributed by atoms with E-state index in [0.717, 1.165) is 18.7 Å². The molecular weight excluding hydrogens is 268 g/mol. The van der Waals surface area contributed by atoms with Crippen LogP contribution in [0.3, 0.4) is 0 Å². The van der Waals surface area contributed by atoms with Crippen molar-refractivity contribution in [3.63, 3.8) is 0 Å². The van der Waals surface area contributed by atoms with Crippen LogP contribution in [-0.2, 0) is 6.42 Å². The van der Waals surface area contributed by atoms with E-state index in [1.807, 2.05) is 13.4 Å². The molecule has 0 bridgehead atoms. The van der Waals surface area contributed by atoms with Crippen molar-refractivity contribution in [3.05, 3.63) is 64.2 Å². The summed E-state index contributed by atoms with van der Waals surface area (Å²) in [6, 6.07) is 13.2. The fourth-order valence-electron chi connectivity index (χ4n) is 2.52. The van der Waals surface area contributed by atoms with Crippen LogP contribution in [0.1, 0.15) is 34.7 Å². The molecule has 0 radical (unpaired) electrons. The molecule has 2 heteroatoms. The maximum absolute atomic E-state index is 4.66. The average molecular weight is 294 g/mol. The quantitative estimate of drug-likeness (QED) is 0.570. The highest BCUT2D eigenvalue weighted by Gasteiger charge is 2.06. The van der Waals surface area contributed by atoms with Gasteiger partial charge in [-0.1, -0.05) is 35.9 Å². The first kappa shape index (κ1) is 16.3. The van der Waals surface area contributed by atoms with Crippen LogP contribution in [0.15, 0.2) is 41.4 Å². The van der Waals surface area contributed by atoms with E-state index in [0.29, 0.717) is 0 Å². The first-order chi connectivity index (χ1) is 10.5. The third-order valence-corrected chi connectivity index (χ3v) is 4.00. The minimum absolute atomic E-state index is 0.960. The Balaban J connectivity index is 2.32. The second-order valence-electron chi connectivity index (χ2n) is 6.05. The van der Waals surface area contributed by atoms with Crippen LogP contribution >= 0.6 is 0 Å². The van der Waals surface area contributed by atoms with Gasteiger partial charge in [0.1, 0.15) is 0 Å². The van der Waals surface area contributed by atoms with Gasteiger partial charge in [-0.15, -0.1) is 0 Å². The predicted molar refractivity (Wildman–Crippen MR) is 96.4 cm³/mol. The first-order valence-electron chi connectivity index (χ1n) is 7.89. The van der Waals surface area contributed by atoms with Gasteiger partial charge < -0.3 is 4.90 Å². The molecule has 2 aromatic rings. The SMILES string of the molecule is CCN(C)/C=N\c1cc(C)cc(Cc2cccc(C)c2)c1C. The molecule has 0 unspecified atom stereocenters. The number of nitrogens with zero attached hydrogens (tertiary/aromatic N) is 2. The fourth-order valence-corrected chi connectivity index (χ4v) is 2.52. The summed E-state index contributed by atoms with van der Waals surface area (Å²) in [5, 5.41) is 0. The maximum Gasteiger partial charge on any atom is 0.0909 e. The summed E-state index contributed by atoms with van der Waals surface area (Å²) in [7, 11) is 2.04. The van der Waals surface area contributed by atoms with Crippen LogP contribution in [-0.4, -0.2) is 24.8 Å². The van der Waals surface area contributed by atoms with Crippen molar-refractivity contribution in [2.75, 3.05) is 13.6 Å². The molecule has 2 nitrogen and oxygen atoms in total. The Hall–Kier alpha value is -2.09. The van der Waals surface area contributed by atoms with E-state index in [1.165, 1.54) is 27.8 Å². The number of hydrogen-bond acceptors (Lipinski definition) is 1. The second-order valence-corrected chi connectivity index (χ2v) is 6.05. The van der Waals surface area contributed by atoms with Crippen molar-refractivity contribution in [1.29, 1.82) is 0 Å². The van der Waals surface area contributed by atoms with E-state index < -0.39 is 0 Å². The summed E-state index contributed by atoms with van der Waals surface area (Å²) < 4.78 is 0. The standard InChI is InChI=1S/C20H26N2/c1-6-22(5)14-21-20-12-16(3)11-19(17(20)4)13-18-9-7-8-15(2)10-18/h7-12,14H,6,13H2,1-5H3/b21-14-. The summed E-state index contributed by atoms with van der Waals surface area (Å²) in [6.45, 7) is 9.54. The number of aryl methyl sites for hydroxylation is 2. The molecule has 0 spiro atoms. The Bertz CT molecular complexity index is 671. The van der Waals surface area contributed by atoms with Crippen molar-refractivity contribution < 1.29 is 0 Å². The third-order valence-electron chi connectivity index (χ3n) is 4.00. The largest absolute Gasteiger partial charge is 0.366 e. The number of rotatable bonds is 5. The molecule has 0 aliphatic heterocycles. The molecule has 0 aromatic heterocycles. The fraction of sp³-hybridized carbons (Fsp3) is 0.350. The van der Waals surface area contributed by atoms with Gasteiger partial charge in [0.05, 0.1) is 12.0 Å². The molecule has 0 aliphatic carbocycles. The molecule has 0 saturated heterocycles. The topological polar surface area (TPSA) is 15.6 Å². The van der Waals surface area contributed by atoms with E-state index in [4.69, 9.17) is 0 Å². The molecule has 0 heterocycles. The number of hydrogen-bond donors (Lipinski definition) is 0. The zero-order valence-electron chi connectivity index (χ0n) is 14.4. The summed E-state index contributed by atoms with van der Waals surface area (Å²) in [5.41, 5.74) is 7.63. The molecule has 0 aliphatic rings. The van der Waals surface area contributed by atoms with Crippen LogP contribution in [0.4, 0.5) is 5.69 Å². The van der Waals surface area contributed by atoms with Gasteiger partial charge in [-0.2, -0.15) is 0 Å². The van der Waals surface area contributed by atoms with Crippen LogP contribution < -0.4 is 0 Å². The van der Waals surface area contributed by atoms with E-state index in [-0.39, 0.29) is 0 Å². The van der Waals surface area contributed by atoms with Crippen molar-refractivity contribution in [2.45, 2.75) is 34.1 Å². The summed E-state index contributed by atoms with van der Waals surface area (Å²) in [5.74, 6) is 0. The lowest BCUT2D eigenvalue weighted by atomic mass is 9.96. The second kappa shape index (κ2) is 7.26. The smallest absolute Gasteiger partial charge is 0.0909 e. The molecular formula is C20H26N2. The monoisotopic (exact) mass is 294 g/mol. The lowest BCUT2D eigenvalue weighted by molar-refractivity contribution is 0.552. The van der Waals surface area contributed by atoms with Crippen molar-refractivity contribution in [1.82, 2.24) is 4.90 Å². The van der Waals surface area contributed by atoms with Gasteiger partial charge in [0.15, 0.2) is 0 Å². The highest BCUT2D eigenvalue weighted by molar-refractivity contribution is 5.64. The van der Waals surface area contributed by atoms with Gasteiger partial charge in [-0.05, 0) is 62.4 Å². The Labute approximate surface area is 134 Å². The van der Waals surface area contributed by atoms with Gasteiger partial charge in [0, 0.05) is 13.6 Å². The van der Waals surface area contributed by atoms with Gasteiger partial charge in [-0.25, -0.2) is 4.99 Å². The molecule has 0 amide bonds. The zero-order chi connectivity index (χ0) is 16.1. The minimum Gasteiger partial charge on any atom is -0.366 e. The maximum atomic E-state index is 4.66. The average Bonchev–Trinajstić information content (AvgIpc) is 2.48. The van der Waals surface area contributed by atoms with Gasteiger partial charge in [-0.3, -0.25) is 0 Å². The van der Waals surface area contributed by atoms with Gasteiger partial charge in [0.2, 0.25) is 0 Å². The Kier molecular flexibility index (Phi) is 5.37. The molecule has 2 rings (SSSR count). The molecule has 22 heavy (non-hydrogen) atoms. The molecule has 116 valence electrons. The van der Waals surface area contributed by atoms with Crippen LogP contribution in [0.5, 0.6) is 0 Å². The first-order valence-corrected chi connectivity index (χ1v) is 7.89. The molecule has 2 aromatic carbocycles. The predicted octanol–water partition coefficient (Wildman–Crippen LogP) is 4.81. The van der Waals surface area contributed by atoms with Gasteiger partial charge in [0.25, 0.3) is 0 Å². The Morgan fingerprint density at radius 1 is 1.05 bits per heavy atom. The van der Waals surface area contributed by atoms with E-state index in [9.17, 15) is 0 Å². The summed E-state index contributed by atoms with van der Waals surface area (Å²) in [6.07, 6.45) is 2.87. The molecule has 0 fully saturated rings. The number of benzene rings is 2. The van der Waals surface area contributed by atoms with Gasteiger partial charge >= 0.3 is 0 Å². The number of aliphatic imine (C=N–C) groups is 1. The lowest BCUT2D eigenvalue weighted by Gasteiger charge is -2.13. The minimum atomic E-state index is 0.960. The van der Waals surface area contributed by atoms with E-state index >= 15 is 0 Å². The zero-order valence-corrected chi connectivity index (χ0v) is 14.4. The highest BCUT2D eigenvalue weighted by Crippen LogP contribution is 2.26. The molecule has 0 atom stereocenters. The van der Waals surface area contributed by atoms with Crippen molar-refractivity contribution in [2.24, 2.45) is 4.99 Å². The highest BCUT2D eigenvalue weighted by atomic mass is 15.1. The van der Waals surface area contributed by atoms with Crippen molar-refractivity contribution >= 4 is 12.0 Å². The van der Waals surface area contributed by atoms with Crippen LogP contribution in [0.2, 0.25) is 0 Å². The molecule has 0 saturated carbocycles. The van der Waals surface area contributed by atoms with E-state index in [1.54, 1.807) is 0 Å². The summed E-state index contributed by atoms with van der Waals surface area (Å²) >= 11 is 0. The third kappa shape index (κ3) is 4.20. The van der Waals surface area contributed by atoms with Crippen LogP contribution in [0.25, 0.3) is 0 Å². The Morgan fingerprint density at radius 3 is 2.50 bits per heavy atom. The lowest BCUT2D eigenvalue weighted by Crippen LogP contribution is -2.14. The normalized spacial score (nSPS) is 11.1. The molecule has 0 N–H and O–H groups in total. The van der Waals surface area contributed by atoms with E-state index in [2.05, 4.69) is 74.0 Å². The van der Waals surface area contributed by atoms with Crippen LogP contribution in [0, 0.1) is 20.8 Å².